The van der Waals surface area contributed by atoms with Crippen LogP contribution in [-0.4, -0.2) is 28.1 Å². The molecule has 1 atom stereocenters. The van der Waals surface area contributed by atoms with Crippen molar-refractivity contribution < 1.29 is 0 Å². The zero-order valence-electron chi connectivity index (χ0n) is 11.3. The average Bonchev–Trinajstić information content (AvgIpc) is 2.13. The lowest BCUT2D eigenvalue weighted by atomic mass is 10.1. The fourth-order valence-electron chi connectivity index (χ4n) is 1.40. The summed E-state index contributed by atoms with van der Waals surface area (Å²) in [6, 6.07) is 2.11. The Hall–Kier alpha value is -1.36. The third kappa shape index (κ3) is 4.99. The van der Waals surface area contributed by atoms with Gasteiger partial charge < -0.3 is 16.4 Å². The summed E-state index contributed by atoms with van der Waals surface area (Å²) in [7, 11) is 0. The third-order valence-electron chi connectivity index (χ3n) is 2.09. The molecule has 0 spiro atoms. The van der Waals surface area contributed by atoms with Crippen molar-refractivity contribution in [3.8, 4) is 0 Å². The first kappa shape index (κ1) is 13.7. The molecular formula is C12H23N5. The van der Waals surface area contributed by atoms with Gasteiger partial charge in [-0.1, -0.05) is 0 Å². The minimum absolute atomic E-state index is 0.0163. The van der Waals surface area contributed by atoms with Crippen LogP contribution in [0.1, 0.15) is 33.5 Å². The summed E-state index contributed by atoms with van der Waals surface area (Å²) >= 11 is 0. The average molecular weight is 237 g/mol. The molecule has 17 heavy (non-hydrogen) atoms. The highest BCUT2D eigenvalue weighted by atomic mass is 15.1. The summed E-state index contributed by atoms with van der Waals surface area (Å²) < 4.78 is 0. The number of nitrogens with two attached hydrogens (primary N) is 1. The maximum Gasteiger partial charge on any atom is 0.132 e. The summed E-state index contributed by atoms with van der Waals surface area (Å²) in [4.78, 5) is 8.69. The molecule has 96 valence electrons. The first-order valence-electron chi connectivity index (χ1n) is 5.90. The Morgan fingerprint density at radius 2 is 1.88 bits per heavy atom. The van der Waals surface area contributed by atoms with Crippen LogP contribution in [0, 0.1) is 6.92 Å². The Morgan fingerprint density at radius 1 is 1.29 bits per heavy atom. The Balaban J connectivity index is 2.86. The van der Waals surface area contributed by atoms with Crippen molar-refractivity contribution in [2.75, 3.05) is 17.2 Å². The Kier molecular flexibility index (Phi) is 4.28. The van der Waals surface area contributed by atoms with E-state index in [2.05, 4.69) is 41.4 Å². The monoisotopic (exact) mass is 237 g/mol. The standard InChI is InChI=1S/C12H23N5/c1-8(7-13)14-10-6-11(16-9(2)15-10)17-12(3,4)5/h6,8H,7,13H2,1-5H3,(H2,14,15,16,17). The first-order valence-corrected chi connectivity index (χ1v) is 5.90. The molecule has 5 nitrogen and oxygen atoms in total. The molecule has 0 aromatic carbocycles. The van der Waals surface area contributed by atoms with Gasteiger partial charge >= 0.3 is 0 Å². The summed E-state index contributed by atoms with van der Waals surface area (Å²) in [6.07, 6.45) is 0. The number of aromatic nitrogens is 2. The maximum atomic E-state index is 5.58. The van der Waals surface area contributed by atoms with E-state index in [1.165, 1.54) is 0 Å². The molecule has 0 saturated heterocycles. The van der Waals surface area contributed by atoms with Crippen LogP contribution in [0.15, 0.2) is 6.07 Å². The van der Waals surface area contributed by atoms with Crippen LogP contribution in [0.2, 0.25) is 0 Å². The van der Waals surface area contributed by atoms with Crippen molar-refractivity contribution in [1.82, 2.24) is 9.97 Å². The van der Waals surface area contributed by atoms with Gasteiger partial charge in [-0.2, -0.15) is 0 Å². The molecule has 0 aliphatic rings. The van der Waals surface area contributed by atoms with E-state index in [0.717, 1.165) is 17.5 Å². The van der Waals surface area contributed by atoms with Gasteiger partial charge in [0.25, 0.3) is 0 Å². The molecule has 0 fully saturated rings. The number of hydrogen-bond donors (Lipinski definition) is 3. The highest BCUT2D eigenvalue weighted by molar-refractivity contribution is 5.49. The number of anilines is 2. The summed E-state index contributed by atoms with van der Waals surface area (Å²) in [5.74, 6) is 2.38. The quantitative estimate of drug-likeness (QED) is 0.744. The van der Waals surface area contributed by atoms with E-state index in [-0.39, 0.29) is 11.6 Å². The van der Waals surface area contributed by atoms with Crippen LogP contribution in [0.3, 0.4) is 0 Å². The van der Waals surface area contributed by atoms with Gasteiger partial charge in [-0.05, 0) is 34.6 Å². The van der Waals surface area contributed by atoms with E-state index in [1.807, 2.05) is 19.9 Å². The molecule has 0 bridgehead atoms. The predicted octanol–water partition coefficient (Wildman–Crippen LogP) is 1.75. The van der Waals surface area contributed by atoms with Gasteiger partial charge in [0.2, 0.25) is 0 Å². The lowest BCUT2D eigenvalue weighted by molar-refractivity contribution is 0.629. The SMILES string of the molecule is Cc1nc(NC(C)CN)cc(NC(C)(C)C)n1. The normalized spacial score (nSPS) is 13.3. The second kappa shape index (κ2) is 5.31. The van der Waals surface area contributed by atoms with Crippen molar-refractivity contribution in [1.29, 1.82) is 0 Å². The van der Waals surface area contributed by atoms with E-state index >= 15 is 0 Å². The maximum absolute atomic E-state index is 5.58. The number of nitrogens with zero attached hydrogens (tertiary/aromatic N) is 2. The van der Waals surface area contributed by atoms with Gasteiger partial charge in [-0.3, -0.25) is 0 Å². The molecule has 1 heterocycles. The fourth-order valence-corrected chi connectivity index (χ4v) is 1.40. The van der Waals surface area contributed by atoms with Gasteiger partial charge in [0, 0.05) is 24.2 Å². The van der Waals surface area contributed by atoms with Crippen LogP contribution in [0.5, 0.6) is 0 Å². The smallest absolute Gasteiger partial charge is 0.132 e. The van der Waals surface area contributed by atoms with Crippen molar-refractivity contribution in [3.63, 3.8) is 0 Å². The van der Waals surface area contributed by atoms with Gasteiger partial charge in [-0.25, -0.2) is 9.97 Å². The van der Waals surface area contributed by atoms with Crippen molar-refractivity contribution in [2.24, 2.45) is 5.73 Å². The van der Waals surface area contributed by atoms with E-state index in [0.29, 0.717) is 6.54 Å². The Labute approximate surface area is 103 Å². The highest BCUT2D eigenvalue weighted by Gasteiger charge is 2.12. The zero-order chi connectivity index (χ0) is 13.1. The number of nitrogens with one attached hydrogen (secondary N) is 2. The van der Waals surface area contributed by atoms with Gasteiger partial charge in [-0.15, -0.1) is 0 Å². The van der Waals surface area contributed by atoms with Crippen LogP contribution >= 0.6 is 0 Å². The Bertz CT molecular complexity index is 370. The van der Waals surface area contributed by atoms with Gasteiger partial charge in [0.1, 0.15) is 17.5 Å². The van der Waals surface area contributed by atoms with Crippen LogP contribution < -0.4 is 16.4 Å². The highest BCUT2D eigenvalue weighted by Crippen LogP contribution is 2.16. The molecule has 0 aliphatic heterocycles. The molecule has 0 saturated carbocycles. The fraction of sp³-hybridized carbons (Fsp3) is 0.667. The topological polar surface area (TPSA) is 75.9 Å². The molecule has 1 aromatic heterocycles. The van der Waals surface area contributed by atoms with Crippen molar-refractivity contribution >= 4 is 11.6 Å². The molecule has 1 aromatic rings. The lowest BCUT2D eigenvalue weighted by Crippen LogP contribution is -2.28. The lowest BCUT2D eigenvalue weighted by Gasteiger charge is -2.22. The van der Waals surface area contributed by atoms with Crippen LogP contribution in [0.25, 0.3) is 0 Å². The molecule has 0 amide bonds. The number of rotatable bonds is 4. The van der Waals surface area contributed by atoms with Crippen molar-refractivity contribution in [3.05, 3.63) is 11.9 Å². The van der Waals surface area contributed by atoms with Gasteiger partial charge in [0.05, 0.1) is 0 Å². The first-order chi connectivity index (χ1) is 7.80. The molecule has 1 rings (SSSR count). The van der Waals surface area contributed by atoms with Crippen LogP contribution in [-0.2, 0) is 0 Å². The predicted molar refractivity (Wildman–Crippen MR) is 72.3 cm³/mol. The van der Waals surface area contributed by atoms with E-state index < -0.39 is 0 Å². The molecule has 4 N–H and O–H groups in total. The molecule has 0 radical (unpaired) electrons. The van der Waals surface area contributed by atoms with E-state index in [1.54, 1.807) is 0 Å². The van der Waals surface area contributed by atoms with Crippen LogP contribution in [0.4, 0.5) is 11.6 Å². The number of aryl methyl sites for hydroxylation is 1. The second-order valence-corrected chi connectivity index (χ2v) is 5.34. The molecule has 0 aliphatic carbocycles. The minimum atomic E-state index is -0.0163. The molecular weight excluding hydrogens is 214 g/mol. The van der Waals surface area contributed by atoms with E-state index in [9.17, 15) is 0 Å². The van der Waals surface area contributed by atoms with Gasteiger partial charge in [0.15, 0.2) is 0 Å². The third-order valence-corrected chi connectivity index (χ3v) is 2.09. The van der Waals surface area contributed by atoms with E-state index in [4.69, 9.17) is 5.73 Å². The number of hydrogen-bond acceptors (Lipinski definition) is 5. The summed E-state index contributed by atoms with van der Waals surface area (Å²) in [6.45, 7) is 10.8. The summed E-state index contributed by atoms with van der Waals surface area (Å²) in [5.41, 5.74) is 5.56. The largest absolute Gasteiger partial charge is 0.366 e. The summed E-state index contributed by atoms with van der Waals surface area (Å²) in [5, 5.41) is 6.57. The molecule has 1 unspecified atom stereocenters. The Morgan fingerprint density at radius 3 is 2.41 bits per heavy atom. The molecule has 5 heteroatoms. The van der Waals surface area contributed by atoms with Crippen molar-refractivity contribution in [2.45, 2.75) is 46.2 Å². The zero-order valence-corrected chi connectivity index (χ0v) is 11.3. The minimum Gasteiger partial charge on any atom is -0.366 e. The second-order valence-electron chi connectivity index (χ2n) is 5.34.